The number of nitrogens with zero attached hydrogens (tertiary/aromatic N) is 5. The molecule has 6 bridgehead atoms. The van der Waals surface area contributed by atoms with Crippen molar-refractivity contribution in [1.82, 2.24) is 35.1 Å². The van der Waals surface area contributed by atoms with Crippen LogP contribution >= 0.6 is 0 Å². The lowest BCUT2D eigenvalue weighted by atomic mass is 9.84. The van der Waals surface area contributed by atoms with Crippen molar-refractivity contribution < 1.29 is 38.2 Å². The van der Waals surface area contributed by atoms with Crippen molar-refractivity contribution >= 4 is 40.5 Å². The highest BCUT2D eigenvalue weighted by Crippen LogP contribution is 2.42. The van der Waals surface area contributed by atoms with E-state index in [1.807, 2.05) is 25.1 Å². The number of amides is 4. The van der Waals surface area contributed by atoms with Crippen LogP contribution in [0.4, 0.5) is 0 Å². The zero-order chi connectivity index (χ0) is 46.9. The number of aromatic nitrogens is 2. The molecule has 66 heavy (non-hydrogen) atoms. The molecule has 8 rings (SSSR count). The molecular formula is C51H63N7O8. The van der Waals surface area contributed by atoms with Crippen LogP contribution in [0.1, 0.15) is 69.9 Å². The Labute approximate surface area is 386 Å². The molecule has 2 N–H and O–H groups in total. The molecule has 15 nitrogen and oxygen atoms in total. The molecule has 4 aliphatic heterocycles. The zero-order valence-corrected chi connectivity index (χ0v) is 39.0. The molecule has 2 aromatic heterocycles. The number of hydrogen-bond donors (Lipinski definition) is 2. The van der Waals surface area contributed by atoms with Gasteiger partial charge in [0.05, 0.1) is 43.2 Å². The predicted octanol–water partition coefficient (Wildman–Crippen LogP) is 5.25. The van der Waals surface area contributed by atoms with E-state index >= 15 is 0 Å². The Balaban J connectivity index is 1.18. The van der Waals surface area contributed by atoms with E-state index in [9.17, 15) is 24.0 Å². The van der Waals surface area contributed by atoms with Crippen LogP contribution in [0.25, 0.3) is 33.3 Å². The van der Waals surface area contributed by atoms with Gasteiger partial charge in [0.1, 0.15) is 18.1 Å². The molecule has 15 heteroatoms. The van der Waals surface area contributed by atoms with Crippen LogP contribution in [0.5, 0.6) is 0 Å². The second-order valence-corrected chi connectivity index (χ2v) is 19.0. The molecule has 4 aromatic rings. The molecule has 0 aliphatic carbocycles. The average molecular weight is 902 g/mol. The Bertz CT molecular complexity index is 2510. The van der Waals surface area contributed by atoms with E-state index in [2.05, 4.69) is 79.1 Å². The number of ether oxygens (including phenoxy) is 3. The molecule has 0 radical (unpaired) electrons. The fraction of sp³-hybridized carbons (Fsp3) is 0.490. The lowest BCUT2D eigenvalue weighted by Gasteiger charge is -2.40. The van der Waals surface area contributed by atoms with E-state index in [0.29, 0.717) is 45.3 Å². The predicted molar refractivity (Wildman–Crippen MR) is 249 cm³/mol. The van der Waals surface area contributed by atoms with Gasteiger partial charge in [-0.05, 0) is 92.1 Å². The third kappa shape index (κ3) is 9.38. The summed E-state index contributed by atoms with van der Waals surface area (Å²) in [6.45, 7) is 14.3. The second-order valence-electron chi connectivity index (χ2n) is 19.0. The number of pyridine rings is 1. The highest BCUT2D eigenvalue weighted by atomic mass is 16.5. The summed E-state index contributed by atoms with van der Waals surface area (Å²) in [4.78, 5) is 77.5. The Morgan fingerprint density at radius 2 is 1.86 bits per heavy atom. The fourth-order valence-corrected chi connectivity index (χ4v) is 10.1. The van der Waals surface area contributed by atoms with E-state index in [1.165, 1.54) is 16.0 Å². The smallest absolute Gasteiger partial charge is 0.324 e. The van der Waals surface area contributed by atoms with Crippen LogP contribution in [0, 0.1) is 17.3 Å². The average Bonchev–Trinajstić information content (AvgIpc) is 3.93. The summed E-state index contributed by atoms with van der Waals surface area (Å²) in [5.74, 6) is -2.61. The van der Waals surface area contributed by atoms with Crippen LogP contribution in [0.3, 0.4) is 0 Å². The number of likely N-dealkylation sites (tertiary alicyclic amines) is 1. The first-order valence-electron chi connectivity index (χ1n) is 23.2. The summed E-state index contributed by atoms with van der Waals surface area (Å²) in [5, 5.41) is 5.58. The number of fused-ring (bicyclic) bond motifs is 6. The number of hydrazine groups is 1. The summed E-state index contributed by atoms with van der Waals surface area (Å²) in [5.41, 5.74) is 10.4. The van der Waals surface area contributed by atoms with Gasteiger partial charge in [-0.15, -0.1) is 0 Å². The van der Waals surface area contributed by atoms with Crippen molar-refractivity contribution in [2.45, 2.75) is 90.6 Å². The minimum absolute atomic E-state index is 0.132. The molecule has 3 saturated heterocycles. The topological polar surface area (TPSA) is 165 Å². The van der Waals surface area contributed by atoms with Crippen LogP contribution in [-0.4, -0.2) is 126 Å². The largest absolute Gasteiger partial charge is 0.464 e. The van der Waals surface area contributed by atoms with Crippen LogP contribution in [-0.2, 0) is 57.6 Å². The van der Waals surface area contributed by atoms with Gasteiger partial charge < -0.3 is 33.9 Å². The van der Waals surface area contributed by atoms with Gasteiger partial charge in [0, 0.05) is 80.8 Å². The van der Waals surface area contributed by atoms with Crippen molar-refractivity contribution in [3.05, 3.63) is 90.3 Å². The van der Waals surface area contributed by atoms with Crippen molar-refractivity contribution in [2.24, 2.45) is 17.3 Å². The summed E-state index contributed by atoms with van der Waals surface area (Å²) >= 11 is 0. The third-order valence-electron chi connectivity index (χ3n) is 13.8. The highest BCUT2D eigenvalue weighted by molar-refractivity contribution is 5.96. The Morgan fingerprint density at radius 1 is 1.08 bits per heavy atom. The summed E-state index contributed by atoms with van der Waals surface area (Å²) in [6.07, 6.45) is 4.98. The van der Waals surface area contributed by atoms with Crippen LogP contribution in [0.2, 0.25) is 0 Å². The number of aryl methyl sites for hydroxylation is 1. The molecule has 5 atom stereocenters. The molecule has 1 unspecified atom stereocenters. The number of nitrogens with one attached hydrogen (secondary N) is 2. The quantitative estimate of drug-likeness (QED) is 0.159. The normalized spacial score (nSPS) is 22.2. The molecule has 0 saturated carbocycles. The van der Waals surface area contributed by atoms with Crippen LogP contribution in [0.15, 0.2) is 73.4 Å². The lowest BCUT2D eigenvalue weighted by Crippen LogP contribution is -2.63. The third-order valence-corrected chi connectivity index (χ3v) is 13.8. The van der Waals surface area contributed by atoms with E-state index in [-0.39, 0.29) is 56.6 Å². The zero-order valence-electron chi connectivity index (χ0n) is 39.0. The maximum Gasteiger partial charge on any atom is 0.324 e. The van der Waals surface area contributed by atoms with E-state index in [1.54, 1.807) is 25.3 Å². The number of cyclic esters (lactones) is 1. The molecule has 350 valence electrons. The number of carbonyl (C=O) groups is 5. The Morgan fingerprint density at radius 3 is 2.59 bits per heavy atom. The fourth-order valence-electron chi connectivity index (χ4n) is 10.1. The van der Waals surface area contributed by atoms with E-state index < -0.39 is 47.2 Å². The van der Waals surface area contributed by atoms with Gasteiger partial charge in [0.25, 0.3) is 5.91 Å². The number of methoxy groups -OCH3 is 1. The van der Waals surface area contributed by atoms with Crippen LogP contribution < -0.4 is 10.7 Å². The molecule has 0 spiro atoms. The number of carbonyl (C=O) groups excluding carboxylic acids is 5. The number of likely N-dealkylation sites (N-methyl/N-ethyl adjacent to an activating group) is 1. The highest BCUT2D eigenvalue weighted by Gasteiger charge is 2.44. The minimum Gasteiger partial charge on any atom is -0.464 e. The monoisotopic (exact) mass is 901 g/mol. The number of hydrogen-bond acceptors (Lipinski definition) is 10. The van der Waals surface area contributed by atoms with Crippen molar-refractivity contribution in [2.75, 3.05) is 53.6 Å². The van der Waals surface area contributed by atoms with Gasteiger partial charge in [-0.3, -0.25) is 34.0 Å². The summed E-state index contributed by atoms with van der Waals surface area (Å²) in [7, 11) is 3.30. The van der Waals surface area contributed by atoms with Gasteiger partial charge >= 0.3 is 5.97 Å². The standard InChI is InChI=1S/C51H63N7O8/c1-8-43(59)56-22-19-35(27-56)48(61)55(6)45(36-28-65-29-36)47(60)53-41-24-32-13-10-14-33(23-32)34-17-18-42-38(25-34)39(46(57(42)9-2)37-15-11-20-52-44(37)31(3)64-7)26-51(4,5)30-66-50(63)40-16-12-21-58(54-40)49(41)62/h8,10-11,13-15,17-18,20,23,25,31,35-36,40-41,45,54H,1,9,12,16,19,21-22,24,26-30H2,2-7H3,(H,53,60)/t31-,35-,40-,41-,45?/m0/s1. The van der Waals surface area contributed by atoms with Gasteiger partial charge in [-0.1, -0.05) is 50.8 Å². The summed E-state index contributed by atoms with van der Waals surface area (Å²) < 4.78 is 19.8. The van der Waals surface area contributed by atoms with Crippen molar-refractivity contribution in [1.29, 1.82) is 0 Å². The molecule has 6 heterocycles. The van der Waals surface area contributed by atoms with E-state index in [0.717, 1.165) is 50.1 Å². The number of rotatable bonds is 10. The number of esters is 1. The molecule has 4 aliphatic rings. The minimum atomic E-state index is -1.06. The van der Waals surface area contributed by atoms with Gasteiger partial charge in [0.2, 0.25) is 17.7 Å². The van der Waals surface area contributed by atoms with Gasteiger partial charge in [-0.2, -0.15) is 0 Å². The first-order valence-corrected chi connectivity index (χ1v) is 23.2. The SMILES string of the molecule is C=CC(=O)N1CC[C@H](C(=O)N(C)C(C(=O)N[C@H]2Cc3cccc(c3)-c3ccc4c(c3)c(c(-c3cccnc3[C@H](C)OC)n4CC)CC(C)(C)COC(=O)[C@@H]3CCCN(N3)C2=O)C2COC2)C1. The lowest BCUT2D eigenvalue weighted by molar-refractivity contribution is -0.156. The maximum absolute atomic E-state index is 14.7. The van der Waals surface area contributed by atoms with Crippen molar-refractivity contribution in [3.63, 3.8) is 0 Å². The molecule has 3 fully saturated rings. The van der Waals surface area contributed by atoms with E-state index in [4.69, 9.17) is 19.2 Å². The number of benzene rings is 2. The van der Waals surface area contributed by atoms with Gasteiger partial charge in [-0.25, -0.2) is 5.43 Å². The summed E-state index contributed by atoms with van der Waals surface area (Å²) in [6, 6.07) is 15.8. The van der Waals surface area contributed by atoms with Gasteiger partial charge in [0.15, 0.2) is 0 Å². The Kier molecular flexibility index (Phi) is 13.8. The first-order chi connectivity index (χ1) is 31.7. The molecule has 4 amide bonds. The molecular weight excluding hydrogens is 839 g/mol. The second kappa shape index (κ2) is 19.5. The van der Waals surface area contributed by atoms with Crippen molar-refractivity contribution in [3.8, 4) is 22.4 Å². The Hall–Kier alpha value is -5.90. The first kappa shape index (κ1) is 46.6. The molecule has 2 aromatic carbocycles. The maximum atomic E-state index is 14.7.